The smallest absolute Gasteiger partial charge is 0.419 e. The first-order valence-corrected chi connectivity index (χ1v) is 24.5. The molecule has 21 heteroatoms. The topological polar surface area (TPSA) is 200 Å². The molecule has 0 saturated carbocycles. The molecule has 4 heterocycles. The Balaban J connectivity index is 0.851. The van der Waals surface area contributed by atoms with Gasteiger partial charge in [-0.2, -0.15) is 18.4 Å². The third-order valence-corrected chi connectivity index (χ3v) is 13.4. The maximum Gasteiger partial charge on any atom is 0.419 e. The van der Waals surface area contributed by atoms with Crippen LogP contribution in [0.25, 0.3) is 10.4 Å². The normalized spacial score (nSPS) is 17.3. The van der Waals surface area contributed by atoms with E-state index >= 15 is 0 Å². The lowest BCUT2D eigenvalue weighted by Gasteiger charge is -2.35. The second-order valence-corrected chi connectivity index (χ2v) is 20.1. The number of aryl methyl sites for hydroxylation is 1. The Morgan fingerprint density at radius 1 is 0.972 bits per heavy atom. The van der Waals surface area contributed by atoms with Crippen molar-refractivity contribution in [3.05, 3.63) is 88.8 Å². The minimum atomic E-state index is -4.86. The second-order valence-electron chi connectivity index (χ2n) is 18.9. The van der Waals surface area contributed by atoms with E-state index in [2.05, 4.69) is 20.6 Å². The Morgan fingerprint density at radius 2 is 1.65 bits per heavy atom. The number of rotatable bonds is 21. The summed E-state index contributed by atoms with van der Waals surface area (Å²) in [7, 11) is 0. The van der Waals surface area contributed by atoms with Gasteiger partial charge in [0, 0.05) is 45.0 Å². The third kappa shape index (κ3) is 13.5. The Hall–Kier alpha value is -6.05. The molecule has 0 bridgehead atoms. The van der Waals surface area contributed by atoms with E-state index in [4.69, 9.17) is 31.7 Å². The van der Waals surface area contributed by atoms with Crippen LogP contribution in [0.4, 0.5) is 24.5 Å². The number of nitriles is 1. The lowest BCUT2D eigenvalue weighted by molar-refractivity contribution is -0.144. The molecule has 380 valence electrons. The summed E-state index contributed by atoms with van der Waals surface area (Å²) in [5, 5.41) is 25.3. The molecule has 2 saturated heterocycles. The van der Waals surface area contributed by atoms with Crippen LogP contribution in [-0.4, -0.2) is 112 Å². The number of aliphatic hydroxyl groups excluding tert-OH is 1. The zero-order valence-electron chi connectivity index (χ0n) is 40.5. The summed E-state index contributed by atoms with van der Waals surface area (Å²) in [6.07, 6.45) is -1.72. The number of nitrogens with zero attached hydrogens (tertiary/aromatic N) is 6. The number of ether oxygens (including phenoxy) is 3. The number of thiocarbonyl (C=S) groups is 1. The molecule has 3 N–H and O–H groups in total. The zero-order chi connectivity index (χ0) is 51.7. The van der Waals surface area contributed by atoms with Crippen molar-refractivity contribution in [2.45, 2.75) is 110 Å². The van der Waals surface area contributed by atoms with Crippen molar-refractivity contribution in [2.24, 2.45) is 5.41 Å². The molecule has 2 aliphatic rings. The number of pyridine rings is 1. The minimum Gasteiger partial charge on any atom is -0.494 e. The van der Waals surface area contributed by atoms with Crippen LogP contribution in [-0.2, 0) is 41.4 Å². The molecule has 6 rings (SSSR count). The van der Waals surface area contributed by atoms with E-state index in [1.807, 2.05) is 52.0 Å². The summed E-state index contributed by atoms with van der Waals surface area (Å²) < 4.78 is 58.2. The fourth-order valence-electron chi connectivity index (χ4n) is 8.21. The number of aliphatic hydroxyl groups is 1. The number of unbranched alkanes of at least 4 members (excludes halogenated alkanes) is 2. The largest absolute Gasteiger partial charge is 0.494 e. The number of carbonyl (C=O) groups is 4. The molecular formula is C50H59F3N8O8S2. The van der Waals surface area contributed by atoms with Gasteiger partial charge in [0.05, 0.1) is 46.2 Å². The van der Waals surface area contributed by atoms with E-state index in [0.29, 0.717) is 43.7 Å². The lowest BCUT2D eigenvalue weighted by Crippen LogP contribution is -2.58. The van der Waals surface area contributed by atoms with Gasteiger partial charge < -0.3 is 39.8 Å². The maximum atomic E-state index is 13.9. The number of benzene rings is 2. The number of aromatic nitrogens is 2. The fraction of sp³-hybridized carbons (Fsp3) is 0.480. The predicted molar refractivity (Wildman–Crippen MR) is 264 cm³/mol. The Bertz CT molecular complexity index is 2580. The third-order valence-electron chi connectivity index (χ3n) is 12.0. The first kappa shape index (κ1) is 54.3. The van der Waals surface area contributed by atoms with Crippen LogP contribution in [0.5, 0.6) is 5.75 Å². The summed E-state index contributed by atoms with van der Waals surface area (Å²) in [6.45, 7) is 12.2. The van der Waals surface area contributed by atoms with Gasteiger partial charge >= 0.3 is 6.18 Å². The molecular weight excluding hydrogens is 962 g/mol. The molecule has 4 amide bonds. The molecule has 71 heavy (non-hydrogen) atoms. The highest BCUT2D eigenvalue weighted by Gasteiger charge is 2.51. The molecule has 2 aliphatic heterocycles. The molecule has 0 aliphatic carbocycles. The van der Waals surface area contributed by atoms with Crippen LogP contribution < -0.4 is 25.2 Å². The number of amides is 4. The molecule has 0 spiro atoms. The van der Waals surface area contributed by atoms with Crippen molar-refractivity contribution < 1.29 is 51.7 Å². The van der Waals surface area contributed by atoms with Gasteiger partial charge in [0.1, 0.15) is 36.0 Å². The van der Waals surface area contributed by atoms with Gasteiger partial charge in [-0.3, -0.25) is 24.1 Å². The van der Waals surface area contributed by atoms with E-state index in [1.54, 1.807) is 59.9 Å². The average Bonchev–Trinajstić information content (AvgIpc) is 3.99. The van der Waals surface area contributed by atoms with E-state index in [9.17, 15) is 37.5 Å². The van der Waals surface area contributed by atoms with Gasteiger partial charge in [-0.1, -0.05) is 45.0 Å². The number of alkyl halides is 3. The van der Waals surface area contributed by atoms with Crippen molar-refractivity contribution in [3.63, 3.8) is 0 Å². The van der Waals surface area contributed by atoms with Gasteiger partial charge in [0.25, 0.3) is 5.91 Å². The first-order chi connectivity index (χ1) is 33.6. The number of carbonyl (C=O) groups excluding carboxylic acids is 4. The van der Waals surface area contributed by atoms with Crippen LogP contribution in [0.3, 0.4) is 0 Å². The molecule has 3 atom stereocenters. The summed E-state index contributed by atoms with van der Waals surface area (Å²) in [6, 6.07) is 14.9. The van der Waals surface area contributed by atoms with Crippen LogP contribution in [0.15, 0.2) is 66.3 Å². The van der Waals surface area contributed by atoms with Crippen molar-refractivity contribution in [1.82, 2.24) is 25.5 Å². The molecule has 16 nitrogen and oxygen atoms in total. The van der Waals surface area contributed by atoms with Crippen molar-refractivity contribution in [2.75, 3.05) is 49.4 Å². The molecule has 2 fully saturated rings. The predicted octanol–water partition coefficient (Wildman–Crippen LogP) is 7.10. The number of hydrogen-bond acceptors (Lipinski definition) is 13. The Labute approximate surface area is 420 Å². The molecule has 2 aromatic carbocycles. The number of hydrogen-bond donors (Lipinski definition) is 3. The van der Waals surface area contributed by atoms with Crippen LogP contribution >= 0.6 is 23.6 Å². The first-order valence-electron chi connectivity index (χ1n) is 23.2. The SMILES string of the molecule is Cc1ncsc1-c1ccc(CNC(=O)[C@@H]2C[C@@H](O)CN2C(=O)[C@@H](NC(=O)COCCCOCCCCCOc2ccc(N3C(=S)N(c4cnc(C#N)c(C(F)(F)F)c4)C(=O)C3(C)C)cc2)C(C)(C)C)cc1. The average molecular weight is 1020 g/mol. The summed E-state index contributed by atoms with van der Waals surface area (Å²) >= 11 is 7.16. The van der Waals surface area contributed by atoms with Crippen molar-refractivity contribution in [3.8, 4) is 22.3 Å². The zero-order valence-corrected chi connectivity index (χ0v) is 42.1. The number of β-amino-alcohol motifs (C(OH)–C–C–N with tert-alkyl or cyclic N) is 1. The van der Waals surface area contributed by atoms with E-state index in [0.717, 1.165) is 52.1 Å². The van der Waals surface area contributed by atoms with E-state index < -0.39 is 64.3 Å². The fourth-order valence-corrected chi connectivity index (χ4v) is 9.55. The van der Waals surface area contributed by atoms with Crippen molar-refractivity contribution in [1.29, 1.82) is 5.26 Å². The van der Waals surface area contributed by atoms with Crippen LogP contribution in [0, 0.1) is 23.7 Å². The highest BCUT2D eigenvalue weighted by Crippen LogP contribution is 2.39. The highest BCUT2D eigenvalue weighted by molar-refractivity contribution is 7.81. The van der Waals surface area contributed by atoms with Gasteiger partial charge in [0.2, 0.25) is 17.7 Å². The van der Waals surface area contributed by atoms with Gasteiger partial charge in [-0.15, -0.1) is 11.3 Å². The molecule has 2 aromatic heterocycles. The highest BCUT2D eigenvalue weighted by atomic mass is 32.1. The van der Waals surface area contributed by atoms with Crippen LogP contribution in [0.1, 0.15) is 89.2 Å². The molecule has 4 aromatic rings. The molecule has 0 unspecified atom stereocenters. The monoisotopic (exact) mass is 1020 g/mol. The summed E-state index contributed by atoms with van der Waals surface area (Å²) in [5.74, 6) is -1.30. The number of nitrogens with one attached hydrogen (secondary N) is 2. The molecule has 0 radical (unpaired) electrons. The minimum absolute atomic E-state index is 0.0314. The van der Waals surface area contributed by atoms with E-state index in [-0.39, 0.29) is 49.4 Å². The maximum absolute atomic E-state index is 13.9. The van der Waals surface area contributed by atoms with Gasteiger partial charge in [-0.25, -0.2) is 9.97 Å². The van der Waals surface area contributed by atoms with Crippen molar-refractivity contribution >= 4 is 63.7 Å². The van der Waals surface area contributed by atoms with Gasteiger partial charge in [-0.05, 0) is 106 Å². The quantitative estimate of drug-likeness (QED) is 0.0565. The number of likely N-dealkylation sites (tertiary alicyclic amines) is 1. The van der Waals surface area contributed by atoms with Crippen LogP contribution in [0.2, 0.25) is 0 Å². The van der Waals surface area contributed by atoms with E-state index in [1.165, 1.54) is 11.0 Å². The number of halogens is 3. The number of anilines is 2. The Morgan fingerprint density at radius 3 is 2.30 bits per heavy atom. The lowest BCUT2D eigenvalue weighted by atomic mass is 9.85. The summed E-state index contributed by atoms with van der Waals surface area (Å²) in [4.78, 5) is 66.8. The Kier molecular flexibility index (Phi) is 17.9. The standard InChI is InChI=1S/C50H59F3N8O8S2/c1-31-42(71-30-57-31)33-13-11-32(12-14-33)26-56-44(64)40-24-36(62)28-59(40)45(65)43(48(2,3)4)58-41(63)29-68-21-10-20-67-19-8-7-9-22-69-37-17-15-34(16-18-37)61-47(70)60(46(66)49(61,5)6)35-23-38(50(51,52)53)39(25-54)55-27-35/h11-18,23,27,30,36,40,43,62H,7-10,19-22,24,26,28-29H2,1-6H3,(H,56,64)(H,58,63)/t36-,40+,43-/m1/s1. The second kappa shape index (κ2) is 23.5. The van der Waals surface area contributed by atoms with Gasteiger partial charge in [0.15, 0.2) is 10.8 Å². The summed E-state index contributed by atoms with van der Waals surface area (Å²) in [5.41, 5.74) is 0.977. The number of thiazole rings is 1.